The molecule has 0 aliphatic carbocycles. The molecule has 0 saturated carbocycles. The standard InChI is InChI=1S/C46H47Cl3N4O14S3.2C6H15N/c1-45(2)18-23(21-69(60,61)62)25-14-27-31(16-29(25)51(45)5)66-32-17-30-26(24(22-70(63,64)65)19-46(3,4)52(30)6)15-28(32)37(27)38-39(44(58)59)40(47)42(49)43(41(38)48)68-20-33(54)50-13-9-7-8-10-36(57)67-53-34(55)11-12-35(53)56;2*1-4-7(5-2)6-3/h14-19H,7-13,20-22H2,1-6H3,(H3-,50,54,58,59,60,61,62,63,64,65);2*4-6H2,1-3H3. The topological polar surface area (TPSA) is 264 Å². The van der Waals surface area contributed by atoms with Crippen molar-refractivity contribution in [2.45, 2.75) is 124 Å². The molecule has 462 valence electrons. The number of rotatable bonds is 22. The smallest absolute Gasteiger partial charge is 0.337 e. The Kier molecular flexibility index (Phi) is 24.1. The number of nitrogens with zero attached hydrogens (tertiary/aromatic N) is 5. The van der Waals surface area contributed by atoms with E-state index in [0.29, 0.717) is 46.5 Å². The third-order valence-corrected chi connectivity index (χ3v) is 19.1. The van der Waals surface area contributed by atoms with Crippen molar-refractivity contribution in [3.63, 3.8) is 0 Å². The minimum atomic E-state index is -4.85. The number of unbranched alkanes of at least 4 members (excludes halogenated alkanes) is 2. The van der Waals surface area contributed by atoms with Crippen LogP contribution in [0.1, 0.15) is 140 Å². The van der Waals surface area contributed by atoms with Crippen molar-refractivity contribution in [1.29, 1.82) is 0 Å². The molecule has 0 unspecified atom stereocenters. The van der Waals surface area contributed by atoms with E-state index in [9.17, 15) is 55.0 Å². The van der Waals surface area contributed by atoms with E-state index in [-0.39, 0.29) is 91.1 Å². The lowest BCUT2D eigenvalue weighted by atomic mass is 9.83. The second kappa shape index (κ2) is 29.1. The average Bonchev–Trinajstić information content (AvgIpc) is 0.824. The summed E-state index contributed by atoms with van der Waals surface area (Å²) in [6, 6.07) is 6.40. The first kappa shape index (κ1) is 69.7. The van der Waals surface area contributed by atoms with Gasteiger partial charge in [0.15, 0.2) is 5.54 Å². The first-order valence-corrected chi connectivity index (χ1v) is 33.1. The van der Waals surface area contributed by atoms with Gasteiger partial charge in [0.25, 0.3) is 21.9 Å². The van der Waals surface area contributed by atoms with Gasteiger partial charge in [-0.1, -0.05) is 88.8 Å². The van der Waals surface area contributed by atoms with Crippen LogP contribution in [-0.2, 0) is 44.3 Å². The summed E-state index contributed by atoms with van der Waals surface area (Å²) in [5.74, 6) is -5.58. The number of halogens is 3. The second-order valence-electron chi connectivity index (χ2n) is 21.5. The summed E-state index contributed by atoms with van der Waals surface area (Å²) in [7, 11) is -5.91. The number of hydroxylamine groups is 2. The monoisotopic (exact) mass is 1280 g/mol. The van der Waals surface area contributed by atoms with E-state index >= 15 is 0 Å². The number of amides is 3. The van der Waals surface area contributed by atoms with Crippen molar-refractivity contribution in [2.75, 3.05) is 82.1 Å². The third kappa shape index (κ3) is 16.9. The van der Waals surface area contributed by atoms with Gasteiger partial charge in [0.1, 0.15) is 24.3 Å². The van der Waals surface area contributed by atoms with Gasteiger partial charge >= 0.3 is 11.9 Å². The number of carboxylic acid groups (broad SMARTS) is 1. The lowest BCUT2D eigenvalue weighted by Gasteiger charge is -2.42. The number of carbonyl (C=O) groups is 5. The summed E-state index contributed by atoms with van der Waals surface area (Å²) in [6.45, 7) is 27.8. The molecule has 0 atom stereocenters. The molecule has 4 aliphatic heterocycles. The van der Waals surface area contributed by atoms with Crippen molar-refractivity contribution in [3.05, 3.63) is 89.9 Å². The maximum atomic E-state index is 13.4. The number of carbonyl (C=O) groups excluding carboxylic acids is 4. The van der Waals surface area contributed by atoms with Crippen molar-refractivity contribution < 1.29 is 64.6 Å². The van der Waals surface area contributed by atoms with E-state index in [4.69, 9.17) is 44.4 Å². The van der Waals surface area contributed by atoms with E-state index in [0.717, 1.165) is 11.8 Å². The number of likely N-dealkylation sites (N-methyl/N-ethyl adjacent to an activating group) is 2. The molecule has 26 heteroatoms. The Balaban J connectivity index is 0.000000819. The molecule has 84 heavy (non-hydrogen) atoms. The molecule has 20 nitrogen and oxygen atoms in total. The fraction of sp³-hybridized carbons (Fsp3) is 0.517. The van der Waals surface area contributed by atoms with Gasteiger partial charge < -0.3 is 39.3 Å². The molecular weight excluding hydrogens is 1210 g/mol. The molecule has 3 N–H and O–H groups in total. The number of benzene rings is 3. The van der Waals surface area contributed by atoms with E-state index in [1.54, 1.807) is 50.5 Å². The summed E-state index contributed by atoms with van der Waals surface area (Å²) in [6.07, 6.45) is 4.48. The summed E-state index contributed by atoms with van der Waals surface area (Å²) in [4.78, 5) is 73.8. The summed E-state index contributed by atoms with van der Waals surface area (Å²) in [5, 5.41) is 13.8. The fourth-order valence-corrected chi connectivity index (χ4v) is 13.3. The highest BCUT2D eigenvalue weighted by molar-refractivity contribution is 8.00. The zero-order valence-corrected chi connectivity index (χ0v) is 54.4. The van der Waals surface area contributed by atoms with Gasteiger partial charge in [-0.3, -0.25) is 18.9 Å². The predicted molar refractivity (Wildman–Crippen MR) is 329 cm³/mol. The number of nitrogens with one attached hydrogen (secondary N) is 1. The highest BCUT2D eigenvalue weighted by Crippen LogP contribution is 2.51. The van der Waals surface area contributed by atoms with Crippen LogP contribution in [0.3, 0.4) is 0 Å². The van der Waals surface area contributed by atoms with Gasteiger partial charge in [0.05, 0.1) is 59.4 Å². The molecule has 3 amide bonds. The Labute approximate surface area is 512 Å². The number of aromatic carboxylic acids is 1. The summed E-state index contributed by atoms with van der Waals surface area (Å²) >= 11 is 21.8. The first-order valence-electron chi connectivity index (χ1n) is 27.8. The molecule has 0 aromatic heterocycles. The Morgan fingerprint density at radius 3 is 1.88 bits per heavy atom. The Bertz CT molecular complexity index is 3450. The van der Waals surface area contributed by atoms with Crippen molar-refractivity contribution >= 4 is 119 Å². The van der Waals surface area contributed by atoms with E-state index in [1.807, 2.05) is 37.2 Å². The highest BCUT2D eigenvalue weighted by Gasteiger charge is 2.39. The van der Waals surface area contributed by atoms with Gasteiger partial charge in [-0.25, -0.2) is 22.6 Å². The van der Waals surface area contributed by atoms with Crippen LogP contribution >= 0.6 is 46.6 Å². The molecule has 0 bridgehead atoms. The van der Waals surface area contributed by atoms with E-state index < -0.39 is 83.1 Å². The number of anilines is 1. The number of imide groups is 1. The molecule has 1 fully saturated rings. The lowest BCUT2D eigenvalue weighted by molar-refractivity contribution is -0.197. The number of ether oxygens (including phenoxy) is 1. The molecule has 0 radical (unpaired) electrons. The highest BCUT2D eigenvalue weighted by atomic mass is 35.5. The van der Waals surface area contributed by atoms with Crippen LogP contribution in [0.25, 0.3) is 16.7 Å². The van der Waals surface area contributed by atoms with Gasteiger partial charge in [-0.15, -0.1) is 16.8 Å². The minimum absolute atomic E-state index is 0.0166. The molecule has 4 heterocycles. The molecule has 4 aliphatic rings. The maximum Gasteiger partial charge on any atom is 0.337 e. The van der Waals surface area contributed by atoms with Gasteiger partial charge in [0.2, 0.25) is 11.3 Å². The van der Waals surface area contributed by atoms with Crippen LogP contribution in [0.15, 0.2) is 41.3 Å². The zero-order chi connectivity index (χ0) is 63.0. The quantitative estimate of drug-likeness (QED) is 0.0167. The second-order valence-corrected chi connectivity index (χ2v) is 26.4. The Morgan fingerprint density at radius 2 is 1.36 bits per heavy atom. The fourth-order valence-electron chi connectivity index (χ4n) is 10.1. The number of hydrogen-bond acceptors (Lipinski definition) is 16. The van der Waals surface area contributed by atoms with Crippen LogP contribution in [0, 0.1) is 0 Å². The number of carboxylic acids is 1. The molecular formula is C58H77Cl3N6O14S3. The Morgan fingerprint density at radius 1 is 0.786 bits per heavy atom. The molecule has 0 spiro atoms. The molecule has 3 aromatic carbocycles. The summed E-state index contributed by atoms with van der Waals surface area (Å²) in [5.41, 5.74) is -0.620. The van der Waals surface area contributed by atoms with Crippen LogP contribution in [0.5, 0.6) is 11.5 Å². The zero-order valence-electron chi connectivity index (χ0n) is 49.7. The normalized spacial score (nSPS) is 15.8. The number of hydrogen-bond donors (Lipinski definition) is 3. The van der Waals surface area contributed by atoms with Crippen LogP contribution < -0.4 is 30.1 Å². The van der Waals surface area contributed by atoms with Gasteiger partial charge in [-0.2, -0.15) is 8.42 Å². The predicted octanol–water partition coefficient (Wildman–Crippen LogP) is 8.11. The van der Waals surface area contributed by atoms with Gasteiger partial charge in [-0.05, 0) is 95.3 Å². The van der Waals surface area contributed by atoms with Crippen molar-refractivity contribution in [3.8, 4) is 11.5 Å². The third-order valence-electron chi connectivity index (χ3n) is 15.2. The van der Waals surface area contributed by atoms with E-state index in [1.165, 1.54) is 39.3 Å². The SMILES string of the molecule is CCN(CC)CC.CCN(CC)CC.CN1c2cc3c(cc2C(CS(=O)(=O)[O-])=CC1(C)C)C(c1c(Cl)c(SCC(=O)NCCCCCC(=O)ON2C(=O)CCC2=O)c(Cl)c(Cl)c1C(=O)O)=c1cc2c(cc1O3)=[N+](C)C(C)(C)C=C2CS(=O)(=O)O. The average molecular weight is 1280 g/mol. The summed E-state index contributed by atoms with van der Waals surface area (Å²) < 4.78 is 80.7. The molecule has 3 aromatic rings. The van der Waals surface area contributed by atoms with Crippen LogP contribution in [0.2, 0.25) is 15.1 Å². The molecule has 7 rings (SSSR count). The molecule has 1 saturated heterocycles. The lowest BCUT2D eigenvalue weighted by Crippen LogP contribution is -2.47. The van der Waals surface area contributed by atoms with E-state index in [2.05, 4.69) is 56.7 Å². The number of thioether (sulfide) groups is 1. The van der Waals surface area contributed by atoms with Crippen LogP contribution in [0.4, 0.5) is 5.69 Å². The Hall–Kier alpha value is -5.08. The largest absolute Gasteiger partial charge is 0.748 e. The van der Waals surface area contributed by atoms with Gasteiger partial charge in [0, 0.05) is 90.8 Å². The maximum absolute atomic E-state index is 13.4. The first-order chi connectivity index (χ1) is 39.2. The number of fused-ring (bicyclic) bond motifs is 4. The minimum Gasteiger partial charge on any atom is -0.748 e. The van der Waals surface area contributed by atoms with Crippen LogP contribution in [-0.4, -0.2) is 164 Å². The van der Waals surface area contributed by atoms with Crippen molar-refractivity contribution in [1.82, 2.24) is 24.8 Å². The van der Waals surface area contributed by atoms with Crippen molar-refractivity contribution in [2.24, 2.45) is 0 Å².